The second-order valence-corrected chi connectivity index (χ2v) is 5.02. The van der Waals surface area contributed by atoms with Gasteiger partial charge in [-0.15, -0.1) is 0 Å². The first-order valence-corrected chi connectivity index (χ1v) is 6.76. The molecular weight excluding hydrogens is 272 g/mol. The molecule has 7 nitrogen and oxygen atoms in total. The second-order valence-electron chi connectivity index (χ2n) is 5.02. The standard InChI is InChI=1S/C14H16N4O3/c1-21-14-5-4-11(18(19)20)6-13(14)16-8-12-7-15-9-17(12)10-2-3-10/h4-7,9-10,16H,2-3,8H2,1H3. The molecular formula is C14H16N4O3. The molecule has 0 spiro atoms. The summed E-state index contributed by atoms with van der Waals surface area (Å²) in [5.74, 6) is 0.582. The van der Waals surface area contributed by atoms with Crippen molar-refractivity contribution in [2.24, 2.45) is 0 Å². The molecule has 0 aliphatic heterocycles. The van der Waals surface area contributed by atoms with E-state index in [1.54, 1.807) is 13.2 Å². The summed E-state index contributed by atoms with van der Waals surface area (Å²) < 4.78 is 7.38. The molecule has 1 aliphatic carbocycles. The minimum absolute atomic E-state index is 0.0361. The first kappa shape index (κ1) is 13.4. The Morgan fingerprint density at radius 3 is 3.00 bits per heavy atom. The number of imidazole rings is 1. The van der Waals surface area contributed by atoms with Gasteiger partial charge in [-0.05, 0) is 18.9 Å². The second kappa shape index (κ2) is 5.43. The summed E-state index contributed by atoms with van der Waals surface area (Å²) in [7, 11) is 1.54. The van der Waals surface area contributed by atoms with Gasteiger partial charge in [0, 0.05) is 24.4 Å². The summed E-state index contributed by atoms with van der Waals surface area (Å²) >= 11 is 0. The summed E-state index contributed by atoms with van der Waals surface area (Å²) in [6.45, 7) is 0.550. The summed E-state index contributed by atoms with van der Waals surface area (Å²) in [6.07, 6.45) is 6.02. The van der Waals surface area contributed by atoms with E-state index in [2.05, 4.69) is 14.9 Å². The fraction of sp³-hybridized carbons (Fsp3) is 0.357. The number of methoxy groups -OCH3 is 1. The predicted octanol–water partition coefficient (Wildman–Crippen LogP) is 2.75. The van der Waals surface area contributed by atoms with Crippen molar-refractivity contribution >= 4 is 11.4 Å². The average Bonchev–Trinajstić information content (AvgIpc) is 3.23. The van der Waals surface area contributed by atoms with Crippen molar-refractivity contribution in [1.82, 2.24) is 9.55 Å². The van der Waals surface area contributed by atoms with Crippen molar-refractivity contribution in [3.8, 4) is 5.75 Å². The number of nitro benzene ring substituents is 1. The smallest absolute Gasteiger partial charge is 0.271 e. The largest absolute Gasteiger partial charge is 0.495 e. The Balaban J connectivity index is 1.78. The molecule has 1 saturated carbocycles. The fourth-order valence-corrected chi connectivity index (χ4v) is 2.28. The van der Waals surface area contributed by atoms with Gasteiger partial charge in [0.05, 0.1) is 36.3 Å². The van der Waals surface area contributed by atoms with Crippen LogP contribution in [0.5, 0.6) is 5.75 Å². The van der Waals surface area contributed by atoms with Crippen LogP contribution in [0.2, 0.25) is 0 Å². The van der Waals surface area contributed by atoms with Gasteiger partial charge < -0.3 is 14.6 Å². The van der Waals surface area contributed by atoms with E-state index < -0.39 is 4.92 Å². The Bertz CT molecular complexity index is 664. The topological polar surface area (TPSA) is 82.2 Å². The molecule has 1 fully saturated rings. The lowest BCUT2D eigenvalue weighted by Gasteiger charge is -2.12. The molecule has 0 bridgehead atoms. The molecule has 110 valence electrons. The van der Waals surface area contributed by atoms with Crippen LogP contribution in [0.3, 0.4) is 0 Å². The Labute approximate surface area is 121 Å². The predicted molar refractivity (Wildman–Crippen MR) is 77.5 cm³/mol. The van der Waals surface area contributed by atoms with Crippen molar-refractivity contribution in [1.29, 1.82) is 0 Å². The molecule has 0 amide bonds. The average molecular weight is 288 g/mol. The van der Waals surface area contributed by atoms with Gasteiger partial charge in [-0.1, -0.05) is 0 Å². The maximum Gasteiger partial charge on any atom is 0.271 e. The number of nitrogens with zero attached hydrogens (tertiary/aromatic N) is 3. The number of hydrogen-bond acceptors (Lipinski definition) is 5. The fourth-order valence-electron chi connectivity index (χ4n) is 2.28. The third-order valence-corrected chi connectivity index (χ3v) is 3.54. The van der Waals surface area contributed by atoms with Crippen LogP contribution in [0, 0.1) is 10.1 Å². The van der Waals surface area contributed by atoms with E-state index in [1.165, 1.54) is 25.0 Å². The zero-order chi connectivity index (χ0) is 14.8. The molecule has 1 aliphatic rings. The lowest BCUT2D eigenvalue weighted by molar-refractivity contribution is -0.384. The third-order valence-electron chi connectivity index (χ3n) is 3.54. The monoisotopic (exact) mass is 288 g/mol. The van der Waals surface area contributed by atoms with E-state index in [9.17, 15) is 10.1 Å². The molecule has 1 aromatic heterocycles. The zero-order valence-electron chi connectivity index (χ0n) is 11.7. The maximum atomic E-state index is 10.9. The van der Waals surface area contributed by atoms with Crippen molar-refractivity contribution in [2.75, 3.05) is 12.4 Å². The Kier molecular flexibility index (Phi) is 3.47. The quantitative estimate of drug-likeness (QED) is 0.653. The van der Waals surface area contributed by atoms with E-state index in [-0.39, 0.29) is 5.69 Å². The molecule has 21 heavy (non-hydrogen) atoms. The summed E-state index contributed by atoms with van der Waals surface area (Å²) in [6, 6.07) is 5.06. The highest BCUT2D eigenvalue weighted by molar-refractivity contribution is 5.61. The van der Waals surface area contributed by atoms with Gasteiger partial charge in [-0.3, -0.25) is 10.1 Å². The minimum Gasteiger partial charge on any atom is -0.495 e. The molecule has 1 heterocycles. The van der Waals surface area contributed by atoms with Gasteiger partial charge in [0.2, 0.25) is 0 Å². The SMILES string of the molecule is COc1ccc([N+](=O)[O-])cc1NCc1cncn1C1CC1. The van der Waals surface area contributed by atoms with Gasteiger partial charge >= 0.3 is 0 Å². The number of aromatic nitrogens is 2. The van der Waals surface area contributed by atoms with Crippen LogP contribution in [0.25, 0.3) is 0 Å². The number of ether oxygens (including phenoxy) is 1. The van der Waals surface area contributed by atoms with E-state index in [1.807, 2.05) is 12.5 Å². The number of nitro groups is 1. The first-order valence-electron chi connectivity index (χ1n) is 6.76. The third kappa shape index (κ3) is 2.81. The van der Waals surface area contributed by atoms with Crippen LogP contribution in [-0.2, 0) is 6.54 Å². The number of benzene rings is 1. The Morgan fingerprint density at radius 2 is 2.33 bits per heavy atom. The van der Waals surface area contributed by atoms with Crippen LogP contribution >= 0.6 is 0 Å². The summed E-state index contributed by atoms with van der Waals surface area (Å²) in [4.78, 5) is 14.6. The molecule has 0 saturated heterocycles. The number of rotatable bonds is 6. The van der Waals surface area contributed by atoms with E-state index in [0.717, 1.165) is 5.69 Å². The molecule has 3 rings (SSSR count). The lowest BCUT2D eigenvalue weighted by atomic mass is 10.2. The highest BCUT2D eigenvalue weighted by Gasteiger charge is 2.25. The van der Waals surface area contributed by atoms with Crippen molar-refractivity contribution in [3.63, 3.8) is 0 Å². The summed E-state index contributed by atoms with van der Waals surface area (Å²) in [5.41, 5.74) is 1.70. The number of anilines is 1. The molecule has 0 atom stereocenters. The molecule has 0 radical (unpaired) electrons. The molecule has 0 unspecified atom stereocenters. The molecule has 2 aromatic rings. The van der Waals surface area contributed by atoms with Gasteiger partial charge in [0.25, 0.3) is 5.69 Å². The van der Waals surface area contributed by atoms with Crippen LogP contribution in [0.15, 0.2) is 30.7 Å². The maximum absolute atomic E-state index is 10.9. The van der Waals surface area contributed by atoms with E-state index in [0.29, 0.717) is 24.0 Å². The first-order chi connectivity index (χ1) is 10.2. The van der Waals surface area contributed by atoms with E-state index >= 15 is 0 Å². The van der Waals surface area contributed by atoms with Crippen LogP contribution in [-0.4, -0.2) is 21.6 Å². The Hall–Kier alpha value is -2.57. The number of hydrogen-bond donors (Lipinski definition) is 1. The van der Waals surface area contributed by atoms with Crippen LogP contribution < -0.4 is 10.1 Å². The van der Waals surface area contributed by atoms with Crippen molar-refractivity contribution in [3.05, 3.63) is 46.5 Å². The minimum atomic E-state index is -0.418. The number of non-ortho nitro benzene ring substituents is 1. The lowest BCUT2D eigenvalue weighted by Crippen LogP contribution is -2.07. The van der Waals surface area contributed by atoms with Gasteiger partial charge in [-0.25, -0.2) is 4.98 Å². The normalized spacial score (nSPS) is 14.0. The van der Waals surface area contributed by atoms with E-state index in [4.69, 9.17) is 4.74 Å². The highest BCUT2D eigenvalue weighted by atomic mass is 16.6. The van der Waals surface area contributed by atoms with Gasteiger partial charge in [0.1, 0.15) is 5.75 Å². The van der Waals surface area contributed by atoms with Crippen molar-refractivity contribution < 1.29 is 9.66 Å². The van der Waals surface area contributed by atoms with Gasteiger partial charge in [0.15, 0.2) is 0 Å². The Morgan fingerprint density at radius 1 is 1.52 bits per heavy atom. The van der Waals surface area contributed by atoms with Crippen LogP contribution in [0.1, 0.15) is 24.6 Å². The molecule has 1 aromatic carbocycles. The van der Waals surface area contributed by atoms with Gasteiger partial charge in [-0.2, -0.15) is 0 Å². The zero-order valence-corrected chi connectivity index (χ0v) is 11.7. The highest BCUT2D eigenvalue weighted by Crippen LogP contribution is 2.36. The number of nitrogens with one attached hydrogen (secondary N) is 1. The molecule has 7 heteroatoms. The van der Waals surface area contributed by atoms with Crippen molar-refractivity contribution in [2.45, 2.75) is 25.4 Å². The van der Waals surface area contributed by atoms with Crippen LogP contribution in [0.4, 0.5) is 11.4 Å². The summed E-state index contributed by atoms with van der Waals surface area (Å²) in [5, 5.41) is 14.1. The molecule has 1 N–H and O–H groups in total.